The molecular weight excluding hydrogens is 558 g/mol. The fourth-order valence-corrected chi connectivity index (χ4v) is 5.15. The first-order valence-electron chi connectivity index (χ1n) is 12.5. The molecule has 0 unspecified atom stereocenters. The SMILES string of the molecule is CN[C@@H]1[C@H](O[C@@H]2[C@@H](N=C(N)N)[C@H](O)[C@@H](O)[C@H](O[C@@H]3O[C@@H](CO)[C@](O)(C=O)[C@H]3O)[C@H]2N=C(N)N)O[C@@H](CO)[C@H](O)[C@H]1O. The van der Waals surface area contributed by atoms with Crippen molar-refractivity contribution < 1.29 is 64.6 Å². The topological polar surface area (TPSA) is 357 Å². The molecule has 0 spiro atoms. The first kappa shape index (κ1) is 33.2. The van der Waals surface area contributed by atoms with Gasteiger partial charge in [-0.05, 0) is 7.05 Å². The molecule has 0 aromatic carbocycles. The number of carbonyl (C=O) groups excluding carboxylic acids is 1. The van der Waals surface area contributed by atoms with Gasteiger partial charge in [-0.25, -0.2) is 9.98 Å². The Morgan fingerprint density at radius 3 is 1.93 bits per heavy atom. The van der Waals surface area contributed by atoms with Crippen LogP contribution in [0, 0.1) is 0 Å². The van der Waals surface area contributed by atoms with Crippen molar-refractivity contribution in [3.05, 3.63) is 0 Å². The van der Waals surface area contributed by atoms with E-state index in [1.165, 1.54) is 7.05 Å². The monoisotopic (exact) mass is 597 g/mol. The predicted octanol–water partition coefficient (Wildman–Crippen LogP) is -9.19. The Bertz CT molecular complexity index is 957. The molecule has 15 atom stereocenters. The molecule has 20 heteroatoms. The summed E-state index contributed by atoms with van der Waals surface area (Å²) in [6.07, 6.45) is -18.5. The van der Waals surface area contributed by atoms with Crippen LogP contribution in [-0.2, 0) is 23.7 Å². The number of nitrogens with two attached hydrogens (primary N) is 4. The molecule has 41 heavy (non-hydrogen) atoms. The van der Waals surface area contributed by atoms with Gasteiger partial charge >= 0.3 is 0 Å². The molecule has 20 nitrogen and oxygen atoms in total. The van der Waals surface area contributed by atoms with E-state index in [0.717, 1.165) is 0 Å². The summed E-state index contributed by atoms with van der Waals surface area (Å²) in [4.78, 5) is 19.5. The Hall–Kier alpha value is -2.31. The van der Waals surface area contributed by atoms with Gasteiger partial charge in [0.1, 0.15) is 67.0 Å². The summed E-state index contributed by atoms with van der Waals surface area (Å²) in [6, 6.07) is -4.20. The Labute approximate surface area is 233 Å². The smallest absolute Gasteiger partial charge is 0.187 e. The summed E-state index contributed by atoms with van der Waals surface area (Å²) in [6.45, 7) is -1.62. The van der Waals surface area contributed by atoms with E-state index in [9.17, 15) is 45.6 Å². The van der Waals surface area contributed by atoms with Gasteiger partial charge in [0.25, 0.3) is 0 Å². The van der Waals surface area contributed by atoms with E-state index in [1.807, 2.05) is 0 Å². The van der Waals surface area contributed by atoms with Gasteiger partial charge < -0.3 is 88.1 Å². The number of ether oxygens (including phenoxy) is 4. The highest BCUT2D eigenvalue weighted by Crippen LogP contribution is 2.37. The number of hydrogen-bond acceptors (Lipinski definition) is 16. The zero-order chi connectivity index (χ0) is 30.8. The quantitative estimate of drug-likeness (QED) is 0.0631. The first-order chi connectivity index (χ1) is 19.2. The minimum Gasteiger partial charge on any atom is -0.394 e. The maximum absolute atomic E-state index is 11.5. The molecule has 2 saturated heterocycles. The van der Waals surface area contributed by atoms with Gasteiger partial charge in [0.15, 0.2) is 36.4 Å². The van der Waals surface area contributed by atoms with Crippen LogP contribution in [0.5, 0.6) is 0 Å². The summed E-state index contributed by atoms with van der Waals surface area (Å²) >= 11 is 0. The number of nitrogens with one attached hydrogen (secondary N) is 1. The van der Waals surface area contributed by atoms with Gasteiger partial charge in [-0.3, -0.25) is 4.79 Å². The van der Waals surface area contributed by atoms with Gasteiger partial charge in [0.05, 0.1) is 19.3 Å². The molecule has 3 aliphatic rings. The zero-order valence-corrected chi connectivity index (χ0v) is 21.9. The lowest BCUT2D eigenvalue weighted by molar-refractivity contribution is -0.303. The van der Waals surface area contributed by atoms with Gasteiger partial charge in [0.2, 0.25) is 0 Å². The van der Waals surface area contributed by atoms with Gasteiger partial charge in [-0.15, -0.1) is 0 Å². The number of hydrogen-bond donors (Lipinski definition) is 13. The van der Waals surface area contributed by atoms with E-state index >= 15 is 0 Å². The molecule has 236 valence electrons. The van der Waals surface area contributed by atoms with Gasteiger partial charge in [-0.1, -0.05) is 0 Å². The molecule has 0 bridgehead atoms. The molecule has 1 saturated carbocycles. The number of nitrogens with zero attached hydrogens (tertiary/aromatic N) is 2. The first-order valence-corrected chi connectivity index (χ1v) is 12.5. The van der Waals surface area contributed by atoms with Crippen molar-refractivity contribution in [1.82, 2.24) is 5.32 Å². The zero-order valence-electron chi connectivity index (χ0n) is 21.9. The Balaban J connectivity index is 2.05. The standard InChI is InChI=1S/C21H39N7O13/c1-26-8-12(34)10(32)5(2-29)38-17(8)40-14-7(27-19(22)23)11(33)13(35)15(9(14)28-20(24)25)41-18-16(36)21(37,4-31)6(3-30)39-18/h4-18,26,29-30,32-37H,2-3H2,1H3,(H4,22,23,27)(H4,24,25,28)/t5-,6-,7-,8-,9-,10-,11-,12-,13+,14+,15+,16-,17-,18-,21+/m0/s1. The highest BCUT2D eigenvalue weighted by Gasteiger charge is 2.60. The summed E-state index contributed by atoms with van der Waals surface area (Å²) in [5, 5.41) is 85.9. The highest BCUT2D eigenvalue weighted by molar-refractivity contribution is 5.76. The van der Waals surface area contributed by atoms with E-state index in [0.29, 0.717) is 0 Å². The fraction of sp³-hybridized carbons (Fsp3) is 0.857. The van der Waals surface area contributed by atoms with Crippen LogP contribution < -0.4 is 28.3 Å². The largest absolute Gasteiger partial charge is 0.394 e. The van der Waals surface area contributed by atoms with Crippen molar-refractivity contribution in [3.8, 4) is 0 Å². The highest BCUT2D eigenvalue weighted by atomic mass is 16.7. The molecule has 0 amide bonds. The minimum atomic E-state index is -2.59. The number of rotatable bonds is 10. The number of aliphatic hydroxyl groups is 8. The average Bonchev–Trinajstić information content (AvgIpc) is 3.17. The van der Waals surface area contributed by atoms with Crippen LogP contribution in [0.2, 0.25) is 0 Å². The summed E-state index contributed by atoms with van der Waals surface area (Å²) in [5.41, 5.74) is 19.8. The van der Waals surface area contributed by atoms with Gasteiger partial charge in [-0.2, -0.15) is 0 Å². The maximum atomic E-state index is 11.5. The third kappa shape index (κ3) is 6.39. The summed E-state index contributed by atoms with van der Waals surface area (Å²) < 4.78 is 22.7. The van der Waals surface area contributed by atoms with Crippen LogP contribution in [0.4, 0.5) is 0 Å². The van der Waals surface area contributed by atoms with Crippen molar-refractivity contribution in [2.24, 2.45) is 32.9 Å². The molecule has 0 aromatic heterocycles. The lowest BCUT2D eigenvalue weighted by Gasteiger charge is -2.48. The second-order valence-corrected chi connectivity index (χ2v) is 9.92. The van der Waals surface area contributed by atoms with Crippen LogP contribution in [0.25, 0.3) is 0 Å². The molecule has 0 radical (unpaired) electrons. The Kier molecular flexibility index (Phi) is 10.8. The molecule has 0 aromatic rings. The maximum Gasteiger partial charge on any atom is 0.187 e. The molecule has 17 N–H and O–H groups in total. The van der Waals surface area contributed by atoms with E-state index in [4.69, 9.17) is 41.9 Å². The van der Waals surface area contributed by atoms with Crippen molar-refractivity contribution in [3.63, 3.8) is 0 Å². The number of guanidine groups is 2. The van der Waals surface area contributed by atoms with Gasteiger partial charge in [0, 0.05) is 0 Å². The normalized spacial score (nSPS) is 46.6. The number of carbonyl (C=O) groups is 1. The summed E-state index contributed by atoms with van der Waals surface area (Å²) in [7, 11) is 1.41. The predicted molar refractivity (Wildman–Crippen MR) is 134 cm³/mol. The van der Waals surface area contributed by atoms with Crippen LogP contribution >= 0.6 is 0 Å². The fourth-order valence-electron chi connectivity index (χ4n) is 5.15. The third-order valence-electron chi connectivity index (χ3n) is 7.34. The van der Waals surface area contributed by atoms with E-state index < -0.39 is 116 Å². The molecule has 2 heterocycles. The van der Waals surface area contributed by atoms with Crippen LogP contribution in [0.3, 0.4) is 0 Å². The third-order valence-corrected chi connectivity index (χ3v) is 7.34. The molecule has 3 fully saturated rings. The van der Waals surface area contributed by atoms with E-state index in [2.05, 4.69) is 15.3 Å². The number of aliphatic hydroxyl groups excluding tert-OH is 7. The summed E-state index contributed by atoms with van der Waals surface area (Å²) in [5.74, 6) is -1.12. The minimum absolute atomic E-state index is 0.0438. The van der Waals surface area contributed by atoms with E-state index in [-0.39, 0.29) is 6.29 Å². The van der Waals surface area contributed by atoms with Crippen molar-refractivity contribution in [2.75, 3.05) is 20.3 Å². The van der Waals surface area contributed by atoms with Crippen molar-refractivity contribution in [2.45, 2.75) is 91.2 Å². The Morgan fingerprint density at radius 1 is 0.854 bits per heavy atom. The molecule has 2 aliphatic heterocycles. The van der Waals surface area contributed by atoms with Crippen LogP contribution in [0.1, 0.15) is 0 Å². The molecule has 3 rings (SSSR count). The van der Waals surface area contributed by atoms with Crippen LogP contribution in [-0.4, -0.2) is 171 Å². The van der Waals surface area contributed by atoms with Crippen LogP contribution in [0.15, 0.2) is 9.98 Å². The van der Waals surface area contributed by atoms with E-state index in [1.54, 1.807) is 0 Å². The second-order valence-electron chi connectivity index (χ2n) is 9.92. The average molecular weight is 598 g/mol. The molecular formula is C21H39N7O13. The number of aldehydes is 1. The van der Waals surface area contributed by atoms with Crippen molar-refractivity contribution in [1.29, 1.82) is 0 Å². The molecule has 1 aliphatic carbocycles. The second kappa shape index (κ2) is 13.3. The number of aliphatic imine (C=N–C) groups is 2. The Morgan fingerprint density at radius 2 is 1.44 bits per heavy atom. The lowest BCUT2D eigenvalue weighted by Crippen LogP contribution is -2.69. The number of likely N-dealkylation sites (N-methyl/N-ethyl adjacent to an activating group) is 1. The van der Waals surface area contributed by atoms with Crippen molar-refractivity contribution >= 4 is 18.2 Å². The lowest BCUT2D eigenvalue weighted by atomic mass is 9.81.